The molecule has 0 aliphatic carbocycles. The first kappa shape index (κ1) is 10.2. The van der Waals surface area contributed by atoms with E-state index < -0.39 is 0 Å². The highest BCUT2D eigenvalue weighted by molar-refractivity contribution is 5.01. The topological polar surface area (TPSA) is 40.5 Å². The smallest absolute Gasteiger partial charge is 0.0751 e. The van der Waals surface area contributed by atoms with Crippen LogP contribution in [0.25, 0.3) is 0 Å². The van der Waals surface area contributed by atoms with Gasteiger partial charge in [-0.25, -0.2) is 0 Å². The van der Waals surface area contributed by atoms with Gasteiger partial charge in [-0.2, -0.15) is 0 Å². The van der Waals surface area contributed by atoms with Crippen LogP contribution < -0.4 is 0 Å². The molecule has 2 heteroatoms. The molecule has 0 spiro atoms. The Bertz CT molecular complexity index is 148. The third kappa shape index (κ3) is 5.67. The zero-order valence-corrected chi connectivity index (χ0v) is 7.12. The van der Waals surface area contributed by atoms with Gasteiger partial charge in [-0.15, -0.1) is 0 Å². The minimum absolute atomic E-state index is 0.118. The Morgan fingerprint density at radius 3 is 2.64 bits per heavy atom. The Labute approximate surface area is 67.9 Å². The Hall–Kier alpha value is -0.760. The van der Waals surface area contributed by atoms with E-state index in [0.29, 0.717) is 5.92 Å². The molecule has 0 radical (unpaired) electrons. The summed E-state index contributed by atoms with van der Waals surface area (Å²) in [5.41, 5.74) is 0.976. The van der Waals surface area contributed by atoms with Gasteiger partial charge in [0.1, 0.15) is 0 Å². The highest BCUT2D eigenvalue weighted by Crippen LogP contribution is 2.07. The van der Waals surface area contributed by atoms with Gasteiger partial charge >= 0.3 is 0 Å². The van der Waals surface area contributed by atoms with Crippen molar-refractivity contribution in [2.75, 3.05) is 6.61 Å². The second-order valence-corrected chi connectivity index (χ2v) is 2.77. The van der Waals surface area contributed by atoms with Gasteiger partial charge in [-0.1, -0.05) is 18.6 Å². The van der Waals surface area contributed by atoms with Crippen LogP contribution in [0.5, 0.6) is 0 Å². The van der Waals surface area contributed by atoms with Gasteiger partial charge in [0.05, 0.1) is 12.9 Å². The van der Waals surface area contributed by atoms with Gasteiger partial charge in [0.2, 0.25) is 0 Å². The van der Waals surface area contributed by atoms with E-state index in [1.165, 1.54) is 0 Å². The summed E-state index contributed by atoms with van der Waals surface area (Å²) in [5.74, 6) is 0.380. The van der Waals surface area contributed by atoms with E-state index in [4.69, 9.17) is 10.2 Å². The molecule has 0 aromatic rings. The molecule has 0 saturated carbocycles. The van der Waals surface area contributed by atoms with E-state index in [1.807, 2.05) is 19.9 Å². The van der Waals surface area contributed by atoms with Crippen LogP contribution in [0, 0.1) is 5.92 Å². The molecule has 0 fully saturated rings. The van der Waals surface area contributed by atoms with Crippen molar-refractivity contribution in [2.24, 2.45) is 5.92 Å². The Kier molecular flexibility index (Phi) is 5.57. The average molecular weight is 156 g/mol. The van der Waals surface area contributed by atoms with Crippen LogP contribution in [0.15, 0.2) is 24.0 Å². The van der Waals surface area contributed by atoms with Gasteiger partial charge in [-0.3, -0.25) is 0 Å². The van der Waals surface area contributed by atoms with Crippen LogP contribution in [0.1, 0.15) is 20.3 Å². The van der Waals surface area contributed by atoms with Crippen LogP contribution in [-0.4, -0.2) is 16.8 Å². The highest BCUT2D eigenvalue weighted by atomic mass is 16.3. The molecule has 2 N–H and O–H groups in total. The SMILES string of the molecule is CC(=CC(C)CC=CO)CO. The summed E-state index contributed by atoms with van der Waals surface area (Å²) in [6.07, 6.45) is 5.57. The zero-order chi connectivity index (χ0) is 8.69. The van der Waals surface area contributed by atoms with Crippen LogP contribution >= 0.6 is 0 Å². The lowest BCUT2D eigenvalue weighted by atomic mass is 10.1. The minimum Gasteiger partial charge on any atom is -0.516 e. The van der Waals surface area contributed by atoms with Gasteiger partial charge in [-0.05, 0) is 25.3 Å². The van der Waals surface area contributed by atoms with Crippen molar-refractivity contribution in [3.05, 3.63) is 24.0 Å². The third-order valence-corrected chi connectivity index (χ3v) is 1.43. The van der Waals surface area contributed by atoms with E-state index in [-0.39, 0.29) is 6.61 Å². The lowest BCUT2D eigenvalue weighted by molar-refractivity contribution is 0.330. The van der Waals surface area contributed by atoms with Crippen molar-refractivity contribution in [3.63, 3.8) is 0 Å². The van der Waals surface area contributed by atoms with Crippen LogP contribution in [0.4, 0.5) is 0 Å². The maximum atomic E-state index is 8.67. The molecule has 0 aliphatic rings. The summed E-state index contributed by atoms with van der Waals surface area (Å²) < 4.78 is 0. The third-order valence-electron chi connectivity index (χ3n) is 1.43. The van der Waals surface area contributed by atoms with Crippen molar-refractivity contribution in [3.8, 4) is 0 Å². The Morgan fingerprint density at radius 1 is 1.55 bits per heavy atom. The zero-order valence-electron chi connectivity index (χ0n) is 7.12. The molecule has 0 heterocycles. The predicted molar refractivity (Wildman–Crippen MR) is 46.4 cm³/mol. The van der Waals surface area contributed by atoms with E-state index in [1.54, 1.807) is 6.08 Å². The van der Waals surface area contributed by atoms with Crippen LogP contribution in [0.2, 0.25) is 0 Å². The molecular formula is C9H16O2. The molecular weight excluding hydrogens is 140 g/mol. The number of rotatable bonds is 4. The van der Waals surface area contributed by atoms with Crippen molar-refractivity contribution in [1.82, 2.24) is 0 Å². The second kappa shape index (κ2) is 5.98. The summed E-state index contributed by atoms with van der Waals surface area (Å²) >= 11 is 0. The van der Waals surface area contributed by atoms with Gasteiger partial charge in [0.15, 0.2) is 0 Å². The first-order valence-electron chi connectivity index (χ1n) is 3.78. The molecule has 0 aromatic carbocycles. The number of hydrogen-bond acceptors (Lipinski definition) is 2. The maximum absolute atomic E-state index is 8.67. The number of aliphatic hydroxyl groups is 2. The Balaban J connectivity index is 3.75. The normalized spacial score (nSPS) is 15.7. The van der Waals surface area contributed by atoms with E-state index >= 15 is 0 Å². The van der Waals surface area contributed by atoms with Crippen LogP contribution in [0.3, 0.4) is 0 Å². The van der Waals surface area contributed by atoms with E-state index in [9.17, 15) is 0 Å². The minimum atomic E-state index is 0.118. The summed E-state index contributed by atoms with van der Waals surface area (Å²) in [7, 11) is 0. The molecule has 0 saturated heterocycles. The molecule has 0 aromatic heterocycles. The number of hydrogen-bond donors (Lipinski definition) is 2. The van der Waals surface area contributed by atoms with Gasteiger partial charge in [0, 0.05) is 0 Å². The van der Waals surface area contributed by atoms with Gasteiger partial charge < -0.3 is 10.2 Å². The summed E-state index contributed by atoms with van der Waals surface area (Å²) in [6.45, 7) is 4.05. The Morgan fingerprint density at radius 2 is 2.18 bits per heavy atom. The molecule has 0 rings (SSSR count). The molecule has 0 aliphatic heterocycles. The predicted octanol–water partition coefficient (Wildman–Crippen LogP) is 2.02. The molecule has 64 valence electrons. The fourth-order valence-electron chi connectivity index (χ4n) is 0.882. The summed E-state index contributed by atoms with van der Waals surface area (Å²) in [5, 5.41) is 17.0. The quantitative estimate of drug-likeness (QED) is 0.483. The van der Waals surface area contributed by atoms with Crippen molar-refractivity contribution < 1.29 is 10.2 Å². The molecule has 1 atom stereocenters. The summed E-state index contributed by atoms with van der Waals surface area (Å²) in [6, 6.07) is 0. The van der Waals surface area contributed by atoms with E-state index in [0.717, 1.165) is 18.3 Å². The van der Waals surface area contributed by atoms with Crippen molar-refractivity contribution in [1.29, 1.82) is 0 Å². The lowest BCUT2D eigenvalue weighted by Crippen LogP contribution is -1.91. The maximum Gasteiger partial charge on any atom is 0.0751 e. The van der Waals surface area contributed by atoms with Gasteiger partial charge in [0.25, 0.3) is 0 Å². The second-order valence-electron chi connectivity index (χ2n) is 2.77. The standard InChI is InChI=1S/C9H16O2/c1-8(4-3-5-10)6-9(2)7-11/h3,5-6,8,10-11H,4,7H2,1-2H3. The first-order chi connectivity index (χ1) is 5.20. The fraction of sp³-hybridized carbons (Fsp3) is 0.556. The number of allylic oxidation sites excluding steroid dienone is 2. The van der Waals surface area contributed by atoms with Crippen LogP contribution in [-0.2, 0) is 0 Å². The summed E-state index contributed by atoms with van der Waals surface area (Å²) in [4.78, 5) is 0. The van der Waals surface area contributed by atoms with E-state index in [2.05, 4.69) is 0 Å². The van der Waals surface area contributed by atoms with Crippen molar-refractivity contribution in [2.45, 2.75) is 20.3 Å². The first-order valence-corrected chi connectivity index (χ1v) is 3.78. The molecule has 1 unspecified atom stereocenters. The van der Waals surface area contributed by atoms with Crippen molar-refractivity contribution >= 4 is 0 Å². The fourth-order valence-corrected chi connectivity index (χ4v) is 0.882. The molecule has 2 nitrogen and oxygen atoms in total. The molecule has 0 bridgehead atoms. The lowest BCUT2D eigenvalue weighted by Gasteiger charge is -2.02. The average Bonchev–Trinajstić information content (AvgIpc) is 2.00. The highest BCUT2D eigenvalue weighted by Gasteiger charge is 1.94. The largest absolute Gasteiger partial charge is 0.516 e. The monoisotopic (exact) mass is 156 g/mol. The molecule has 11 heavy (non-hydrogen) atoms. The number of aliphatic hydroxyl groups excluding tert-OH is 2. The molecule has 0 amide bonds.